The van der Waals surface area contributed by atoms with E-state index in [4.69, 9.17) is 5.73 Å². The summed E-state index contributed by atoms with van der Waals surface area (Å²) in [5.41, 5.74) is 6.43. The first kappa shape index (κ1) is 14.3. The smallest absolute Gasteiger partial charge is 0.387 e. The molecule has 1 aromatic carbocycles. The first-order valence-corrected chi connectivity index (χ1v) is 7.05. The summed E-state index contributed by atoms with van der Waals surface area (Å²) in [6.45, 7) is 0.0305. The predicted molar refractivity (Wildman–Crippen MR) is 74.0 cm³/mol. The SMILES string of the molecule is Nc1cc(F)c(OC(F)F)cc1NC1CN2CCC1CC2. The fraction of sp³-hybridized carbons (Fsp3) is 0.571. The molecule has 3 N–H and O–H groups in total. The lowest BCUT2D eigenvalue weighted by molar-refractivity contribution is -0.0521. The number of ether oxygens (including phenoxy) is 1. The van der Waals surface area contributed by atoms with E-state index in [-0.39, 0.29) is 11.7 Å². The molecule has 0 aromatic heterocycles. The van der Waals surface area contributed by atoms with Crippen LogP contribution in [0.1, 0.15) is 12.8 Å². The number of nitrogens with zero attached hydrogens (tertiary/aromatic N) is 1. The molecule has 0 spiro atoms. The molecule has 3 fully saturated rings. The summed E-state index contributed by atoms with van der Waals surface area (Å²) in [7, 11) is 0. The van der Waals surface area contributed by atoms with Crippen LogP contribution in [-0.4, -0.2) is 37.2 Å². The first-order valence-electron chi connectivity index (χ1n) is 7.05. The highest BCUT2D eigenvalue weighted by Crippen LogP contribution is 2.34. The van der Waals surface area contributed by atoms with Crippen LogP contribution in [0.2, 0.25) is 0 Å². The standard InChI is InChI=1S/C14H18F3N3O/c15-9-5-10(18)11(6-13(9)21-14(16)17)19-12-7-20-3-1-8(12)2-4-20/h5-6,8,12,14,19H,1-4,7,18H2. The summed E-state index contributed by atoms with van der Waals surface area (Å²) in [5, 5.41) is 3.26. The molecule has 0 saturated carbocycles. The second-order valence-corrected chi connectivity index (χ2v) is 5.64. The molecule has 0 radical (unpaired) electrons. The van der Waals surface area contributed by atoms with Crippen LogP contribution in [0.25, 0.3) is 0 Å². The highest BCUT2D eigenvalue weighted by molar-refractivity contribution is 5.69. The molecule has 1 aromatic rings. The van der Waals surface area contributed by atoms with Gasteiger partial charge >= 0.3 is 6.61 Å². The highest BCUT2D eigenvalue weighted by atomic mass is 19.3. The third-order valence-electron chi connectivity index (χ3n) is 4.32. The Balaban J connectivity index is 1.78. The van der Waals surface area contributed by atoms with Gasteiger partial charge in [0.2, 0.25) is 0 Å². The first-order chi connectivity index (χ1) is 10.0. The van der Waals surface area contributed by atoms with E-state index in [9.17, 15) is 13.2 Å². The van der Waals surface area contributed by atoms with Crippen molar-refractivity contribution in [3.8, 4) is 5.75 Å². The number of nitrogens with two attached hydrogens (primary N) is 1. The van der Waals surface area contributed by atoms with Gasteiger partial charge in [-0.05, 0) is 31.8 Å². The van der Waals surface area contributed by atoms with Crippen LogP contribution < -0.4 is 15.8 Å². The molecule has 0 aliphatic carbocycles. The molecule has 3 aliphatic rings. The Bertz CT molecular complexity index is 518. The number of nitrogens with one attached hydrogen (secondary N) is 1. The Hall–Kier alpha value is -1.63. The number of piperidine rings is 3. The van der Waals surface area contributed by atoms with E-state index >= 15 is 0 Å². The zero-order chi connectivity index (χ0) is 15.0. The van der Waals surface area contributed by atoms with E-state index in [2.05, 4.69) is 15.0 Å². The van der Waals surface area contributed by atoms with E-state index in [1.807, 2.05) is 0 Å². The lowest BCUT2D eigenvalue weighted by atomic mass is 9.84. The van der Waals surface area contributed by atoms with Crippen molar-refractivity contribution >= 4 is 11.4 Å². The zero-order valence-corrected chi connectivity index (χ0v) is 11.5. The van der Waals surface area contributed by atoms with Gasteiger partial charge in [0, 0.05) is 24.7 Å². The maximum Gasteiger partial charge on any atom is 0.387 e. The number of anilines is 2. The van der Waals surface area contributed by atoms with Gasteiger partial charge in [0.1, 0.15) is 0 Å². The molecule has 7 heteroatoms. The summed E-state index contributed by atoms with van der Waals surface area (Å²) in [5.74, 6) is -0.825. The van der Waals surface area contributed by atoms with E-state index in [1.165, 1.54) is 6.07 Å². The van der Waals surface area contributed by atoms with Crippen LogP contribution in [0.5, 0.6) is 5.75 Å². The Morgan fingerprint density at radius 2 is 2.00 bits per heavy atom. The van der Waals surface area contributed by atoms with E-state index in [1.54, 1.807) is 0 Å². The molecule has 116 valence electrons. The molecule has 3 heterocycles. The summed E-state index contributed by atoms with van der Waals surface area (Å²) < 4.78 is 42.3. The van der Waals surface area contributed by atoms with Crippen molar-refractivity contribution in [2.24, 2.45) is 5.92 Å². The van der Waals surface area contributed by atoms with E-state index < -0.39 is 18.2 Å². The largest absolute Gasteiger partial charge is 0.432 e. The van der Waals surface area contributed by atoms with Crippen LogP contribution >= 0.6 is 0 Å². The molecule has 3 aliphatic heterocycles. The summed E-state index contributed by atoms with van der Waals surface area (Å²) in [4.78, 5) is 2.36. The van der Waals surface area contributed by atoms with Crippen LogP contribution in [0.4, 0.5) is 24.5 Å². The lowest BCUT2D eigenvalue weighted by Crippen LogP contribution is -2.53. The van der Waals surface area contributed by atoms with Gasteiger partial charge in [0.15, 0.2) is 11.6 Å². The summed E-state index contributed by atoms with van der Waals surface area (Å²) in [6.07, 6.45) is 2.22. The van der Waals surface area contributed by atoms with Crippen molar-refractivity contribution < 1.29 is 17.9 Å². The second kappa shape index (κ2) is 5.63. The van der Waals surface area contributed by atoms with Gasteiger partial charge in [-0.3, -0.25) is 0 Å². The molecule has 1 atom stereocenters. The molecule has 0 amide bonds. The van der Waals surface area contributed by atoms with Crippen molar-refractivity contribution in [3.05, 3.63) is 17.9 Å². The van der Waals surface area contributed by atoms with Gasteiger partial charge in [0.25, 0.3) is 0 Å². The number of fused-ring (bicyclic) bond motifs is 3. The predicted octanol–water partition coefficient (Wildman–Crippen LogP) is 2.52. The van der Waals surface area contributed by atoms with Gasteiger partial charge in [-0.15, -0.1) is 0 Å². The highest BCUT2D eigenvalue weighted by Gasteiger charge is 2.34. The van der Waals surface area contributed by atoms with Crippen LogP contribution in [0, 0.1) is 11.7 Å². The second-order valence-electron chi connectivity index (χ2n) is 5.64. The third-order valence-corrected chi connectivity index (χ3v) is 4.32. The van der Waals surface area contributed by atoms with Crippen LogP contribution in [-0.2, 0) is 0 Å². The number of benzene rings is 1. The van der Waals surface area contributed by atoms with E-state index in [0.29, 0.717) is 11.6 Å². The minimum Gasteiger partial charge on any atom is -0.432 e. The Morgan fingerprint density at radius 3 is 2.57 bits per heavy atom. The molecule has 4 rings (SSSR count). The molecular weight excluding hydrogens is 283 g/mol. The van der Waals surface area contributed by atoms with Crippen molar-refractivity contribution in [1.82, 2.24) is 4.90 Å². The van der Waals surface area contributed by atoms with Crippen molar-refractivity contribution in [1.29, 1.82) is 0 Å². The normalized spacial score (nSPS) is 27.9. The zero-order valence-electron chi connectivity index (χ0n) is 11.5. The molecular formula is C14H18F3N3O. The Labute approximate surface area is 121 Å². The molecule has 1 unspecified atom stereocenters. The van der Waals surface area contributed by atoms with Crippen LogP contribution in [0.15, 0.2) is 12.1 Å². The van der Waals surface area contributed by atoms with Gasteiger partial charge in [-0.2, -0.15) is 8.78 Å². The average molecular weight is 301 g/mol. The topological polar surface area (TPSA) is 50.5 Å². The van der Waals surface area contributed by atoms with Crippen molar-refractivity contribution in [3.63, 3.8) is 0 Å². The molecule has 21 heavy (non-hydrogen) atoms. The molecule has 2 bridgehead atoms. The maximum absolute atomic E-state index is 13.5. The number of halogens is 3. The number of alkyl halides is 2. The number of rotatable bonds is 4. The number of hydrogen-bond acceptors (Lipinski definition) is 4. The fourth-order valence-electron chi connectivity index (χ4n) is 3.21. The summed E-state index contributed by atoms with van der Waals surface area (Å²) >= 11 is 0. The van der Waals surface area contributed by atoms with Gasteiger partial charge in [0.05, 0.1) is 11.4 Å². The summed E-state index contributed by atoms with van der Waals surface area (Å²) in [6, 6.07) is 2.44. The van der Waals surface area contributed by atoms with Gasteiger partial charge < -0.3 is 20.7 Å². The lowest BCUT2D eigenvalue weighted by Gasteiger charge is -2.45. The number of hydrogen-bond donors (Lipinski definition) is 2. The monoisotopic (exact) mass is 301 g/mol. The minimum absolute atomic E-state index is 0.200. The minimum atomic E-state index is -3.06. The fourth-order valence-corrected chi connectivity index (χ4v) is 3.21. The average Bonchev–Trinajstić information content (AvgIpc) is 2.45. The maximum atomic E-state index is 13.5. The van der Waals surface area contributed by atoms with Gasteiger partial charge in [-0.1, -0.05) is 0 Å². The number of nitrogen functional groups attached to an aromatic ring is 1. The molecule has 3 saturated heterocycles. The van der Waals surface area contributed by atoms with Gasteiger partial charge in [-0.25, -0.2) is 4.39 Å². The van der Waals surface area contributed by atoms with Crippen LogP contribution in [0.3, 0.4) is 0 Å². The quantitative estimate of drug-likeness (QED) is 0.839. The van der Waals surface area contributed by atoms with Crippen molar-refractivity contribution in [2.75, 3.05) is 30.7 Å². The molecule has 4 nitrogen and oxygen atoms in total. The van der Waals surface area contributed by atoms with Crippen molar-refractivity contribution in [2.45, 2.75) is 25.5 Å². The Kier molecular flexibility index (Phi) is 3.84. The third kappa shape index (κ3) is 3.02. The Morgan fingerprint density at radius 1 is 1.29 bits per heavy atom. The van der Waals surface area contributed by atoms with E-state index in [0.717, 1.165) is 38.5 Å².